The van der Waals surface area contributed by atoms with Gasteiger partial charge in [0.2, 0.25) is 10.0 Å². The van der Waals surface area contributed by atoms with Gasteiger partial charge in [-0.25, -0.2) is 13.1 Å². The third kappa shape index (κ3) is 3.03. The Hall–Kier alpha value is -1.42. The molecule has 3 N–H and O–H groups in total. The first-order chi connectivity index (χ1) is 7.49. The molecule has 6 heteroatoms. The molecule has 16 heavy (non-hydrogen) atoms. The van der Waals surface area contributed by atoms with Crippen LogP contribution in [-0.4, -0.2) is 21.0 Å². The van der Waals surface area contributed by atoms with E-state index >= 15 is 0 Å². The lowest BCUT2D eigenvalue weighted by molar-refractivity contribution is 0.562. The Kier molecular flexibility index (Phi) is 4.01. The molecule has 0 heterocycles. The highest BCUT2D eigenvalue weighted by molar-refractivity contribution is 7.89. The molecule has 0 bridgehead atoms. The summed E-state index contributed by atoms with van der Waals surface area (Å²) in [6.45, 7) is 1.89. The third-order valence-electron chi connectivity index (χ3n) is 1.98. The van der Waals surface area contributed by atoms with E-state index in [9.17, 15) is 8.42 Å². The van der Waals surface area contributed by atoms with Crippen molar-refractivity contribution in [3.05, 3.63) is 29.8 Å². The Labute approximate surface area is 94.9 Å². The zero-order valence-electron chi connectivity index (χ0n) is 8.84. The van der Waals surface area contributed by atoms with Crippen molar-refractivity contribution in [2.24, 2.45) is 5.73 Å². The minimum atomic E-state index is -3.59. The molecule has 0 fully saturated rings. The van der Waals surface area contributed by atoms with Crippen LogP contribution < -0.4 is 10.5 Å². The molecule has 1 aromatic carbocycles. The number of nitrogens with one attached hydrogen (secondary N) is 1. The summed E-state index contributed by atoms with van der Waals surface area (Å²) in [5.74, 6) is 0. The Morgan fingerprint density at radius 2 is 2.25 bits per heavy atom. The maximum atomic E-state index is 11.8. The molecule has 1 atom stereocenters. The minimum absolute atomic E-state index is 0.0758. The second-order valence-electron chi connectivity index (χ2n) is 3.40. The fraction of sp³-hybridized carbons (Fsp3) is 0.300. The van der Waals surface area contributed by atoms with Gasteiger partial charge in [0.1, 0.15) is 0 Å². The molecular weight excluding hydrogens is 226 g/mol. The highest BCUT2D eigenvalue weighted by atomic mass is 32.2. The molecule has 0 aliphatic heterocycles. The summed E-state index contributed by atoms with van der Waals surface area (Å²) in [5, 5.41) is 8.67. The van der Waals surface area contributed by atoms with E-state index in [1.54, 1.807) is 13.0 Å². The topological polar surface area (TPSA) is 96.0 Å². The molecule has 5 nitrogen and oxygen atoms in total. The molecule has 0 saturated carbocycles. The Morgan fingerprint density at radius 3 is 2.81 bits per heavy atom. The first-order valence-electron chi connectivity index (χ1n) is 4.72. The molecule has 0 radical (unpaired) electrons. The van der Waals surface area contributed by atoms with E-state index < -0.39 is 10.0 Å². The minimum Gasteiger partial charge on any atom is -0.329 e. The van der Waals surface area contributed by atoms with Gasteiger partial charge in [-0.05, 0) is 25.1 Å². The normalized spacial score (nSPS) is 13.1. The molecule has 0 saturated heterocycles. The van der Waals surface area contributed by atoms with Gasteiger partial charge in [-0.3, -0.25) is 0 Å². The number of hydrogen-bond donors (Lipinski definition) is 2. The molecule has 0 aliphatic carbocycles. The maximum Gasteiger partial charge on any atom is 0.240 e. The van der Waals surface area contributed by atoms with E-state index in [2.05, 4.69) is 4.72 Å². The van der Waals surface area contributed by atoms with Crippen LogP contribution in [0.3, 0.4) is 0 Å². The first kappa shape index (κ1) is 12.6. The van der Waals surface area contributed by atoms with Crippen molar-refractivity contribution in [3.8, 4) is 6.07 Å². The molecule has 1 unspecified atom stereocenters. The van der Waals surface area contributed by atoms with Crippen LogP contribution >= 0.6 is 0 Å². The van der Waals surface area contributed by atoms with Crippen LogP contribution in [0.5, 0.6) is 0 Å². The third-order valence-corrected chi connectivity index (χ3v) is 3.57. The SMILES string of the molecule is CC(CN)NS(=O)(=O)c1cccc(C#N)c1. The smallest absolute Gasteiger partial charge is 0.240 e. The van der Waals surface area contributed by atoms with Crippen molar-refractivity contribution >= 4 is 10.0 Å². The Balaban J connectivity index is 3.04. The molecule has 0 aliphatic rings. The first-order valence-corrected chi connectivity index (χ1v) is 6.20. The average molecular weight is 239 g/mol. The van der Waals surface area contributed by atoms with Gasteiger partial charge in [-0.1, -0.05) is 6.07 Å². The van der Waals surface area contributed by atoms with Crippen LogP contribution in [0, 0.1) is 11.3 Å². The number of nitriles is 1. The Morgan fingerprint density at radius 1 is 1.56 bits per heavy atom. The van der Waals surface area contributed by atoms with E-state index in [-0.39, 0.29) is 17.5 Å². The van der Waals surface area contributed by atoms with Gasteiger partial charge in [0.15, 0.2) is 0 Å². The zero-order valence-corrected chi connectivity index (χ0v) is 9.66. The van der Waals surface area contributed by atoms with Gasteiger partial charge >= 0.3 is 0 Å². The van der Waals surface area contributed by atoms with Crippen molar-refractivity contribution in [1.29, 1.82) is 5.26 Å². The van der Waals surface area contributed by atoms with Crippen LogP contribution in [0.4, 0.5) is 0 Å². The van der Waals surface area contributed by atoms with Crippen LogP contribution in [0.15, 0.2) is 29.2 Å². The molecule has 0 spiro atoms. The van der Waals surface area contributed by atoms with Crippen molar-refractivity contribution in [2.45, 2.75) is 17.9 Å². The number of benzene rings is 1. The fourth-order valence-electron chi connectivity index (χ4n) is 1.11. The number of nitrogens with two attached hydrogens (primary N) is 1. The predicted molar refractivity (Wildman–Crippen MR) is 60.0 cm³/mol. The standard InChI is InChI=1S/C10H13N3O2S/c1-8(6-11)13-16(14,15)10-4-2-3-9(5-10)7-12/h2-5,8,13H,6,11H2,1H3. The Bertz CT molecular complexity index is 505. The number of hydrogen-bond acceptors (Lipinski definition) is 4. The lowest BCUT2D eigenvalue weighted by Crippen LogP contribution is -2.37. The van der Waals surface area contributed by atoms with Crippen LogP contribution in [0.2, 0.25) is 0 Å². The van der Waals surface area contributed by atoms with Gasteiger partial charge < -0.3 is 5.73 Å². The number of rotatable bonds is 4. The second-order valence-corrected chi connectivity index (χ2v) is 5.11. The van der Waals surface area contributed by atoms with Crippen molar-refractivity contribution in [2.75, 3.05) is 6.54 Å². The monoisotopic (exact) mass is 239 g/mol. The highest BCUT2D eigenvalue weighted by Gasteiger charge is 2.16. The lowest BCUT2D eigenvalue weighted by atomic mass is 10.2. The molecule has 0 aromatic heterocycles. The highest BCUT2D eigenvalue weighted by Crippen LogP contribution is 2.11. The van der Waals surface area contributed by atoms with Crippen LogP contribution in [-0.2, 0) is 10.0 Å². The van der Waals surface area contributed by atoms with Gasteiger partial charge in [0.25, 0.3) is 0 Å². The van der Waals surface area contributed by atoms with Gasteiger partial charge in [-0.2, -0.15) is 5.26 Å². The summed E-state index contributed by atoms with van der Waals surface area (Å²) in [7, 11) is -3.59. The van der Waals surface area contributed by atoms with Gasteiger partial charge in [0, 0.05) is 12.6 Å². The van der Waals surface area contributed by atoms with Crippen molar-refractivity contribution in [3.63, 3.8) is 0 Å². The summed E-state index contributed by atoms with van der Waals surface area (Å²) in [6, 6.07) is 7.39. The summed E-state index contributed by atoms with van der Waals surface area (Å²) in [5.41, 5.74) is 5.64. The number of nitrogens with zero attached hydrogens (tertiary/aromatic N) is 1. The number of sulfonamides is 1. The van der Waals surface area contributed by atoms with Crippen LogP contribution in [0.1, 0.15) is 12.5 Å². The van der Waals surface area contributed by atoms with E-state index in [1.165, 1.54) is 18.2 Å². The lowest BCUT2D eigenvalue weighted by Gasteiger charge is -2.11. The average Bonchev–Trinajstić information content (AvgIpc) is 2.28. The predicted octanol–water partition coefficient (Wildman–Crippen LogP) is 0.184. The molecule has 86 valence electrons. The van der Waals surface area contributed by atoms with Crippen LogP contribution in [0.25, 0.3) is 0 Å². The summed E-state index contributed by atoms with van der Waals surface area (Å²) < 4.78 is 26.0. The van der Waals surface area contributed by atoms with Crippen molar-refractivity contribution < 1.29 is 8.42 Å². The van der Waals surface area contributed by atoms with E-state index in [4.69, 9.17) is 11.0 Å². The van der Waals surface area contributed by atoms with Gasteiger partial charge in [-0.15, -0.1) is 0 Å². The van der Waals surface area contributed by atoms with E-state index in [0.717, 1.165) is 0 Å². The fourth-order valence-corrected chi connectivity index (χ4v) is 2.42. The van der Waals surface area contributed by atoms with E-state index in [1.807, 2.05) is 6.07 Å². The second kappa shape index (κ2) is 5.07. The van der Waals surface area contributed by atoms with Gasteiger partial charge in [0.05, 0.1) is 16.5 Å². The maximum absolute atomic E-state index is 11.8. The largest absolute Gasteiger partial charge is 0.329 e. The summed E-state index contributed by atoms with van der Waals surface area (Å²) in [4.78, 5) is 0.0758. The van der Waals surface area contributed by atoms with E-state index in [0.29, 0.717) is 5.56 Å². The summed E-state index contributed by atoms with van der Waals surface area (Å²) >= 11 is 0. The molecular formula is C10H13N3O2S. The molecule has 1 rings (SSSR count). The van der Waals surface area contributed by atoms with Crippen molar-refractivity contribution in [1.82, 2.24) is 4.72 Å². The quantitative estimate of drug-likeness (QED) is 0.783. The molecule has 0 amide bonds. The zero-order chi connectivity index (χ0) is 12.2. The molecule has 1 aromatic rings. The summed E-state index contributed by atoms with van der Waals surface area (Å²) in [6.07, 6.45) is 0.